The number of carbonyl (C=O) groups is 1. The van der Waals surface area contributed by atoms with Crippen LogP contribution in [0.1, 0.15) is 38.6 Å². The Morgan fingerprint density at radius 1 is 1.45 bits per heavy atom. The Labute approximate surface area is 119 Å². The van der Waals surface area contributed by atoms with E-state index < -0.39 is 6.10 Å². The average Bonchev–Trinajstić information content (AvgIpc) is 2.74. The van der Waals surface area contributed by atoms with Crippen LogP contribution in [-0.4, -0.2) is 29.2 Å². The van der Waals surface area contributed by atoms with E-state index in [1.54, 1.807) is 0 Å². The number of ether oxygens (including phenoxy) is 2. The number of hydrogen-bond donors (Lipinski definition) is 1. The third-order valence-corrected chi connectivity index (χ3v) is 3.01. The first kappa shape index (κ1) is 14.8. The summed E-state index contributed by atoms with van der Waals surface area (Å²) < 4.78 is 10.7. The second-order valence-electron chi connectivity index (χ2n) is 6.06. The summed E-state index contributed by atoms with van der Waals surface area (Å²) >= 11 is 0. The SMILES string of the molecule is Cc1ccc(OC2CCOC2=O)c(CNC(C)(C)C)n1. The van der Waals surface area contributed by atoms with Crippen molar-refractivity contribution in [3.63, 3.8) is 0 Å². The molecule has 0 bridgehead atoms. The highest BCUT2D eigenvalue weighted by Crippen LogP contribution is 2.22. The summed E-state index contributed by atoms with van der Waals surface area (Å²) in [6.45, 7) is 9.25. The molecular weight excluding hydrogens is 256 g/mol. The van der Waals surface area contributed by atoms with Crippen molar-refractivity contribution in [2.45, 2.75) is 52.3 Å². The van der Waals surface area contributed by atoms with Crippen molar-refractivity contribution < 1.29 is 14.3 Å². The maximum atomic E-state index is 11.5. The van der Waals surface area contributed by atoms with E-state index in [4.69, 9.17) is 9.47 Å². The number of rotatable bonds is 4. The third-order valence-electron chi connectivity index (χ3n) is 3.01. The lowest BCUT2D eigenvalue weighted by molar-refractivity contribution is -0.143. The van der Waals surface area contributed by atoms with Crippen LogP contribution in [0.25, 0.3) is 0 Å². The van der Waals surface area contributed by atoms with Crippen LogP contribution in [0.2, 0.25) is 0 Å². The van der Waals surface area contributed by atoms with Gasteiger partial charge in [-0.05, 0) is 39.8 Å². The molecular formula is C15H22N2O3. The molecule has 5 nitrogen and oxygen atoms in total. The summed E-state index contributed by atoms with van der Waals surface area (Å²) in [4.78, 5) is 16.0. The molecule has 1 unspecified atom stereocenters. The highest BCUT2D eigenvalue weighted by atomic mass is 16.6. The monoisotopic (exact) mass is 278 g/mol. The first-order valence-corrected chi connectivity index (χ1v) is 6.90. The molecule has 0 spiro atoms. The van der Waals surface area contributed by atoms with E-state index in [0.717, 1.165) is 11.4 Å². The fourth-order valence-corrected chi connectivity index (χ4v) is 1.92. The zero-order valence-corrected chi connectivity index (χ0v) is 12.5. The van der Waals surface area contributed by atoms with Gasteiger partial charge in [-0.2, -0.15) is 0 Å². The molecule has 0 aromatic carbocycles. The van der Waals surface area contributed by atoms with Crippen LogP contribution in [0.3, 0.4) is 0 Å². The maximum Gasteiger partial charge on any atom is 0.347 e. The molecule has 0 radical (unpaired) electrons. The Kier molecular flexibility index (Phi) is 4.28. The second-order valence-corrected chi connectivity index (χ2v) is 6.06. The number of aryl methyl sites for hydroxylation is 1. The zero-order chi connectivity index (χ0) is 14.8. The van der Waals surface area contributed by atoms with E-state index >= 15 is 0 Å². The van der Waals surface area contributed by atoms with Gasteiger partial charge < -0.3 is 14.8 Å². The fourth-order valence-electron chi connectivity index (χ4n) is 1.92. The topological polar surface area (TPSA) is 60.5 Å². The Bertz CT molecular complexity index is 494. The summed E-state index contributed by atoms with van der Waals surface area (Å²) in [5.74, 6) is 0.358. The molecule has 1 fully saturated rings. The molecule has 1 saturated heterocycles. The number of pyridine rings is 1. The molecule has 5 heteroatoms. The quantitative estimate of drug-likeness (QED) is 0.853. The predicted octanol–water partition coefficient (Wildman–Crippen LogP) is 1.97. The normalized spacial score (nSPS) is 19.0. The number of aromatic nitrogens is 1. The van der Waals surface area contributed by atoms with Crippen molar-refractivity contribution in [1.29, 1.82) is 0 Å². The van der Waals surface area contributed by atoms with Crippen molar-refractivity contribution in [3.05, 3.63) is 23.5 Å². The molecule has 1 aromatic rings. The number of carbonyl (C=O) groups excluding carboxylic acids is 1. The third kappa shape index (κ3) is 3.93. The zero-order valence-electron chi connectivity index (χ0n) is 12.5. The molecule has 2 rings (SSSR count). The molecule has 1 aliphatic rings. The number of esters is 1. The van der Waals surface area contributed by atoms with Crippen molar-refractivity contribution >= 4 is 5.97 Å². The maximum absolute atomic E-state index is 11.5. The van der Waals surface area contributed by atoms with Gasteiger partial charge in [-0.15, -0.1) is 0 Å². The summed E-state index contributed by atoms with van der Waals surface area (Å²) in [7, 11) is 0. The van der Waals surface area contributed by atoms with E-state index in [-0.39, 0.29) is 11.5 Å². The van der Waals surface area contributed by atoms with Crippen LogP contribution in [-0.2, 0) is 16.1 Å². The van der Waals surface area contributed by atoms with E-state index in [1.165, 1.54) is 0 Å². The van der Waals surface area contributed by atoms with Crippen molar-refractivity contribution in [3.8, 4) is 5.75 Å². The number of nitrogens with one attached hydrogen (secondary N) is 1. The van der Waals surface area contributed by atoms with Crippen LogP contribution in [0.15, 0.2) is 12.1 Å². The molecule has 1 N–H and O–H groups in total. The minimum absolute atomic E-state index is 0.00497. The van der Waals surface area contributed by atoms with Gasteiger partial charge in [-0.3, -0.25) is 4.98 Å². The summed E-state index contributed by atoms with van der Waals surface area (Å²) in [6, 6.07) is 3.75. The van der Waals surface area contributed by atoms with E-state index in [9.17, 15) is 4.79 Å². The van der Waals surface area contributed by atoms with Crippen molar-refractivity contribution in [1.82, 2.24) is 10.3 Å². The van der Waals surface area contributed by atoms with Gasteiger partial charge in [0, 0.05) is 24.2 Å². The highest BCUT2D eigenvalue weighted by molar-refractivity contribution is 5.76. The largest absolute Gasteiger partial charge is 0.477 e. The second kappa shape index (κ2) is 5.79. The van der Waals surface area contributed by atoms with Crippen LogP contribution < -0.4 is 10.1 Å². The summed E-state index contributed by atoms with van der Waals surface area (Å²) in [5.41, 5.74) is 1.74. The van der Waals surface area contributed by atoms with Gasteiger partial charge in [0.1, 0.15) is 5.75 Å². The summed E-state index contributed by atoms with van der Waals surface area (Å²) in [6.07, 6.45) is 0.0895. The lowest BCUT2D eigenvalue weighted by atomic mass is 10.1. The molecule has 1 atom stereocenters. The van der Waals surface area contributed by atoms with Crippen LogP contribution in [0, 0.1) is 6.92 Å². The Balaban J connectivity index is 2.12. The molecule has 20 heavy (non-hydrogen) atoms. The lowest BCUT2D eigenvalue weighted by Gasteiger charge is -2.21. The van der Waals surface area contributed by atoms with Gasteiger partial charge in [0.25, 0.3) is 0 Å². The van der Waals surface area contributed by atoms with E-state index in [1.807, 2.05) is 19.1 Å². The van der Waals surface area contributed by atoms with Gasteiger partial charge >= 0.3 is 5.97 Å². The summed E-state index contributed by atoms with van der Waals surface area (Å²) in [5, 5.41) is 3.38. The number of nitrogens with zero attached hydrogens (tertiary/aromatic N) is 1. The van der Waals surface area contributed by atoms with E-state index in [0.29, 0.717) is 25.3 Å². The van der Waals surface area contributed by atoms with Crippen LogP contribution in [0.4, 0.5) is 0 Å². The molecule has 0 amide bonds. The Hall–Kier alpha value is -1.62. The fraction of sp³-hybridized carbons (Fsp3) is 0.600. The van der Waals surface area contributed by atoms with Crippen molar-refractivity contribution in [2.75, 3.05) is 6.61 Å². The van der Waals surface area contributed by atoms with Crippen LogP contribution in [0.5, 0.6) is 5.75 Å². The highest BCUT2D eigenvalue weighted by Gasteiger charge is 2.29. The van der Waals surface area contributed by atoms with Gasteiger partial charge in [-0.25, -0.2) is 4.79 Å². The Morgan fingerprint density at radius 2 is 2.20 bits per heavy atom. The van der Waals surface area contributed by atoms with Gasteiger partial charge in [-0.1, -0.05) is 0 Å². The van der Waals surface area contributed by atoms with Crippen molar-refractivity contribution in [2.24, 2.45) is 0 Å². The minimum Gasteiger partial charge on any atom is -0.477 e. The molecule has 0 aliphatic carbocycles. The smallest absolute Gasteiger partial charge is 0.347 e. The molecule has 2 heterocycles. The molecule has 1 aliphatic heterocycles. The molecule has 1 aromatic heterocycles. The van der Waals surface area contributed by atoms with Gasteiger partial charge in [0.2, 0.25) is 0 Å². The van der Waals surface area contributed by atoms with E-state index in [2.05, 4.69) is 31.1 Å². The van der Waals surface area contributed by atoms with Gasteiger partial charge in [0.15, 0.2) is 6.10 Å². The average molecular weight is 278 g/mol. The molecule has 0 saturated carbocycles. The number of cyclic esters (lactones) is 1. The lowest BCUT2D eigenvalue weighted by Crippen LogP contribution is -2.35. The van der Waals surface area contributed by atoms with Crippen LogP contribution >= 0.6 is 0 Å². The standard InChI is InChI=1S/C15H22N2O3/c1-10-5-6-12(20-13-7-8-19-14(13)18)11(17-10)9-16-15(2,3)4/h5-6,13,16H,7-9H2,1-4H3. The minimum atomic E-state index is -0.507. The first-order chi connectivity index (χ1) is 9.35. The molecule has 110 valence electrons. The number of hydrogen-bond acceptors (Lipinski definition) is 5. The first-order valence-electron chi connectivity index (χ1n) is 6.90. The Morgan fingerprint density at radius 3 is 2.80 bits per heavy atom. The van der Waals surface area contributed by atoms with Gasteiger partial charge in [0.05, 0.1) is 12.3 Å². The predicted molar refractivity (Wildman–Crippen MR) is 75.6 cm³/mol.